The van der Waals surface area contributed by atoms with E-state index in [0.29, 0.717) is 22.6 Å². The third-order valence-electron chi connectivity index (χ3n) is 4.78. The molecule has 7 heteroatoms. The summed E-state index contributed by atoms with van der Waals surface area (Å²) in [5.41, 5.74) is 1.04. The maximum atomic E-state index is 13.1. The number of methoxy groups -OCH3 is 1. The number of carbonyl (C=O) groups is 1. The molecule has 6 nitrogen and oxygen atoms in total. The van der Waals surface area contributed by atoms with Crippen LogP contribution in [-0.2, 0) is 4.79 Å². The standard InChI is InChI=1S/C20H19N3O3S/c1-20(2,18(24)23-19-21-10-11-27-19)16-12-6-4-5-7-14(12)26-17-13(16)8-9-15(22-17)25-3/h4-11,16H,1-3H3,(H,21,23,24). The monoisotopic (exact) mass is 381 g/mol. The Morgan fingerprint density at radius 2 is 2.04 bits per heavy atom. The van der Waals surface area contributed by atoms with E-state index in [1.165, 1.54) is 11.3 Å². The zero-order chi connectivity index (χ0) is 19.0. The van der Waals surface area contributed by atoms with Gasteiger partial charge in [0, 0.05) is 34.7 Å². The minimum absolute atomic E-state index is 0.110. The number of nitrogens with one attached hydrogen (secondary N) is 1. The van der Waals surface area contributed by atoms with E-state index >= 15 is 0 Å². The van der Waals surface area contributed by atoms with Gasteiger partial charge >= 0.3 is 0 Å². The highest BCUT2D eigenvalue weighted by atomic mass is 32.1. The molecule has 1 amide bonds. The van der Waals surface area contributed by atoms with Crippen LogP contribution in [0.3, 0.4) is 0 Å². The second-order valence-corrected chi connectivity index (χ2v) is 7.73. The van der Waals surface area contributed by atoms with E-state index in [-0.39, 0.29) is 11.8 Å². The fourth-order valence-electron chi connectivity index (χ4n) is 3.39. The quantitative estimate of drug-likeness (QED) is 0.723. The van der Waals surface area contributed by atoms with Crippen LogP contribution in [0.5, 0.6) is 17.5 Å². The van der Waals surface area contributed by atoms with Gasteiger partial charge in [0.15, 0.2) is 5.13 Å². The summed E-state index contributed by atoms with van der Waals surface area (Å²) in [7, 11) is 1.56. The minimum atomic E-state index is -0.767. The molecule has 0 spiro atoms. The predicted molar refractivity (Wildman–Crippen MR) is 104 cm³/mol. The van der Waals surface area contributed by atoms with Crippen LogP contribution in [0.15, 0.2) is 48.0 Å². The van der Waals surface area contributed by atoms with Gasteiger partial charge in [-0.1, -0.05) is 32.0 Å². The molecular formula is C20H19N3O3S. The van der Waals surface area contributed by atoms with Crippen LogP contribution in [0.4, 0.5) is 5.13 Å². The summed E-state index contributed by atoms with van der Waals surface area (Å²) in [6.45, 7) is 3.85. The number of carbonyl (C=O) groups excluding carboxylic acids is 1. The van der Waals surface area contributed by atoms with Crippen molar-refractivity contribution in [3.05, 3.63) is 59.1 Å². The van der Waals surface area contributed by atoms with Gasteiger partial charge in [-0.3, -0.25) is 4.79 Å². The van der Waals surface area contributed by atoms with Crippen molar-refractivity contribution in [2.75, 3.05) is 12.4 Å². The molecule has 0 saturated carbocycles. The van der Waals surface area contributed by atoms with Crippen molar-refractivity contribution < 1.29 is 14.3 Å². The van der Waals surface area contributed by atoms with Gasteiger partial charge in [0.25, 0.3) is 0 Å². The lowest BCUT2D eigenvalue weighted by atomic mass is 9.70. The molecule has 1 aliphatic rings. The highest BCUT2D eigenvalue weighted by Crippen LogP contribution is 2.51. The summed E-state index contributed by atoms with van der Waals surface area (Å²) in [5, 5.41) is 5.34. The molecule has 2 aromatic heterocycles. The van der Waals surface area contributed by atoms with Crippen LogP contribution < -0.4 is 14.8 Å². The molecule has 1 aliphatic heterocycles. The molecule has 1 N–H and O–H groups in total. The topological polar surface area (TPSA) is 73.3 Å². The van der Waals surface area contributed by atoms with Crippen molar-refractivity contribution in [1.29, 1.82) is 0 Å². The smallest absolute Gasteiger partial charge is 0.232 e. The van der Waals surface area contributed by atoms with Crippen LogP contribution in [0.25, 0.3) is 0 Å². The van der Waals surface area contributed by atoms with Crippen molar-refractivity contribution in [3.63, 3.8) is 0 Å². The van der Waals surface area contributed by atoms with E-state index in [0.717, 1.165) is 11.1 Å². The van der Waals surface area contributed by atoms with E-state index in [4.69, 9.17) is 9.47 Å². The zero-order valence-corrected chi connectivity index (χ0v) is 16.0. The molecule has 4 rings (SSSR count). The van der Waals surface area contributed by atoms with Gasteiger partial charge in [-0.15, -0.1) is 11.3 Å². The highest BCUT2D eigenvalue weighted by Gasteiger charge is 2.44. The number of rotatable bonds is 4. The van der Waals surface area contributed by atoms with Crippen LogP contribution in [0.1, 0.15) is 30.9 Å². The Morgan fingerprint density at radius 3 is 2.78 bits per heavy atom. The summed E-state index contributed by atoms with van der Waals surface area (Å²) < 4.78 is 11.2. The number of hydrogen-bond acceptors (Lipinski definition) is 6. The third-order valence-corrected chi connectivity index (χ3v) is 5.47. The number of nitrogens with zero attached hydrogens (tertiary/aromatic N) is 2. The van der Waals surface area contributed by atoms with E-state index in [1.807, 2.05) is 49.6 Å². The average molecular weight is 381 g/mol. The minimum Gasteiger partial charge on any atom is -0.481 e. The van der Waals surface area contributed by atoms with E-state index in [9.17, 15) is 4.79 Å². The van der Waals surface area contributed by atoms with E-state index in [2.05, 4.69) is 15.3 Å². The summed E-state index contributed by atoms with van der Waals surface area (Å²) in [5.74, 6) is 1.30. The average Bonchev–Trinajstić information content (AvgIpc) is 3.18. The Bertz CT molecular complexity index is 986. The number of amides is 1. The fraction of sp³-hybridized carbons (Fsp3) is 0.250. The van der Waals surface area contributed by atoms with Crippen molar-refractivity contribution >= 4 is 22.4 Å². The molecule has 27 heavy (non-hydrogen) atoms. The number of benzene rings is 1. The van der Waals surface area contributed by atoms with E-state index < -0.39 is 5.41 Å². The lowest BCUT2D eigenvalue weighted by Crippen LogP contribution is -2.38. The normalized spacial score (nSPS) is 15.3. The number of para-hydroxylation sites is 1. The molecule has 3 aromatic rings. The third kappa shape index (κ3) is 3.04. The second kappa shape index (κ2) is 6.66. The van der Waals surface area contributed by atoms with Crippen LogP contribution in [0, 0.1) is 5.41 Å². The maximum absolute atomic E-state index is 13.1. The first-order chi connectivity index (χ1) is 13.0. The predicted octanol–water partition coefficient (Wildman–Crippen LogP) is 4.45. The first kappa shape index (κ1) is 17.5. The Morgan fingerprint density at radius 1 is 1.22 bits per heavy atom. The molecule has 0 aliphatic carbocycles. The molecule has 1 aromatic carbocycles. The summed E-state index contributed by atoms with van der Waals surface area (Å²) >= 11 is 1.39. The summed E-state index contributed by atoms with van der Waals surface area (Å²) in [6.07, 6.45) is 1.67. The maximum Gasteiger partial charge on any atom is 0.232 e. The Hall–Kier alpha value is -2.93. The summed E-state index contributed by atoms with van der Waals surface area (Å²) in [4.78, 5) is 21.7. The van der Waals surface area contributed by atoms with Crippen molar-refractivity contribution in [2.24, 2.45) is 5.41 Å². The molecule has 3 heterocycles. The molecule has 0 bridgehead atoms. The fourth-order valence-corrected chi connectivity index (χ4v) is 3.91. The van der Waals surface area contributed by atoms with Crippen LogP contribution in [0.2, 0.25) is 0 Å². The number of fused-ring (bicyclic) bond motifs is 2. The van der Waals surface area contributed by atoms with Crippen molar-refractivity contribution in [2.45, 2.75) is 19.8 Å². The number of anilines is 1. The largest absolute Gasteiger partial charge is 0.481 e. The van der Waals surface area contributed by atoms with Crippen LogP contribution >= 0.6 is 11.3 Å². The number of aromatic nitrogens is 2. The number of hydrogen-bond donors (Lipinski definition) is 1. The second-order valence-electron chi connectivity index (χ2n) is 6.83. The highest BCUT2D eigenvalue weighted by molar-refractivity contribution is 7.13. The zero-order valence-electron chi connectivity index (χ0n) is 15.2. The molecule has 0 radical (unpaired) electrons. The Kier molecular flexibility index (Phi) is 4.31. The van der Waals surface area contributed by atoms with Gasteiger partial charge in [-0.05, 0) is 12.1 Å². The Labute approximate surface area is 161 Å². The van der Waals surface area contributed by atoms with Gasteiger partial charge in [-0.2, -0.15) is 4.98 Å². The van der Waals surface area contributed by atoms with Gasteiger partial charge in [-0.25, -0.2) is 4.98 Å². The molecule has 0 fully saturated rings. The van der Waals surface area contributed by atoms with Crippen molar-refractivity contribution in [1.82, 2.24) is 9.97 Å². The first-order valence-corrected chi connectivity index (χ1v) is 9.41. The van der Waals surface area contributed by atoms with E-state index in [1.54, 1.807) is 19.4 Å². The van der Waals surface area contributed by atoms with Crippen LogP contribution in [-0.4, -0.2) is 23.0 Å². The number of thiazole rings is 1. The van der Waals surface area contributed by atoms with Gasteiger partial charge in [0.05, 0.1) is 12.5 Å². The molecule has 1 atom stereocenters. The molecular weight excluding hydrogens is 362 g/mol. The Balaban J connectivity index is 1.80. The lowest BCUT2D eigenvalue weighted by Gasteiger charge is -2.37. The molecule has 1 unspecified atom stereocenters. The van der Waals surface area contributed by atoms with Gasteiger partial charge in [0.1, 0.15) is 5.75 Å². The molecule has 0 saturated heterocycles. The summed E-state index contributed by atoms with van der Waals surface area (Å²) in [6, 6.07) is 11.4. The number of ether oxygens (including phenoxy) is 2. The van der Waals surface area contributed by atoms with Gasteiger partial charge < -0.3 is 14.8 Å². The van der Waals surface area contributed by atoms with Crippen molar-refractivity contribution in [3.8, 4) is 17.5 Å². The van der Waals surface area contributed by atoms with Gasteiger partial charge in [0.2, 0.25) is 17.7 Å². The number of pyridine rings is 1. The lowest BCUT2D eigenvalue weighted by molar-refractivity contribution is -0.124. The SMILES string of the molecule is COc1ccc2c(n1)Oc1ccccc1C2C(C)(C)C(=O)Nc1nccs1. The molecule has 138 valence electrons. The first-order valence-electron chi connectivity index (χ1n) is 8.53.